The molecule has 1 aliphatic carbocycles. The molecule has 1 N–H and O–H groups in total. The number of carbonyl (C=O) groups is 2. The molecular formula is C11H19NO3. The third kappa shape index (κ3) is 2.49. The molecule has 1 unspecified atom stereocenters. The van der Waals surface area contributed by atoms with Crippen LogP contribution in [0.3, 0.4) is 0 Å². The smallest absolute Gasteiger partial charge is 0.316 e. The van der Waals surface area contributed by atoms with Gasteiger partial charge < -0.3 is 10.0 Å². The first-order valence-electron chi connectivity index (χ1n) is 5.44. The van der Waals surface area contributed by atoms with Gasteiger partial charge in [-0.2, -0.15) is 0 Å². The third-order valence-corrected chi connectivity index (χ3v) is 3.17. The number of nitrogens with zero attached hydrogens (tertiary/aromatic N) is 1. The molecule has 4 heteroatoms. The van der Waals surface area contributed by atoms with Crippen LogP contribution in [-0.2, 0) is 9.59 Å². The van der Waals surface area contributed by atoms with Crippen LogP contribution in [0.25, 0.3) is 0 Å². The summed E-state index contributed by atoms with van der Waals surface area (Å²) in [6.45, 7) is 3.54. The summed E-state index contributed by atoms with van der Waals surface area (Å²) in [5.41, 5.74) is 0. The van der Waals surface area contributed by atoms with Crippen LogP contribution < -0.4 is 0 Å². The van der Waals surface area contributed by atoms with Crippen molar-refractivity contribution in [3.8, 4) is 0 Å². The zero-order valence-electron chi connectivity index (χ0n) is 9.56. The number of hydrogen-bond donors (Lipinski definition) is 1. The maximum Gasteiger partial charge on any atom is 0.316 e. The van der Waals surface area contributed by atoms with Gasteiger partial charge in [0.1, 0.15) is 5.92 Å². The SMILES string of the molecule is CC(C)C(C(=O)O)C(=O)N(C)C1CCC1. The number of rotatable bonds is 4. The van der Waals surface area contributed by atoms with Crippen molar-refractivity contribution in [1.29, 1.82) is 0 Å². The van der Waals surface area contributed by atoms with Gasteiger partial charge in [0.15, 0.2) is 0 Å². The Hall–Kier alpha value is -1.06. The fraction of sp³-hybridized carbons (Fsp3) is 0.818. The van der Waals surface area contributed by atoms with Crippen LogP contribution in [0.5, 0.6) is 0 Å². The number of hydrogen-bond acceptors (Lipinski definition) is 2. The monoisotopic (exact) mass is 213 g/mol. The number of carbonyl (C=O) groups excluding carboxylic acids is 1. The van der Waals surface area contributed by atoms with Gasteiger partial charge in [0.2, 0.25) is 5.91 Å². The van der Waals surface area contributed by atoms with E-state index in [4.69, 9.17) is 5.11 Å². The second kappa shape index (κ2) is 4.64. The number of carboxylic acid groups (broad SMARTS) is 1. The van der Waals surface area contributed by atoms with E-state index >= 15 is 0 Å². The van der Waals surface area contributed by atoms with E-state index in [-0.39, 0.29) is 17.9 Å². The Morgan fingerprint density at radius 3 is 2.13 bits per heavy atom. The fourth-order valence-corrected chi connectivity index (χ4v) is 1.85. The average Bonchev–Trinajstić information content (AvgIpc) is 1.98. The van der Waals surface area contributed by atoms with E-state index in [1.54, 1.807) is 25.8 Å². The second-order valence-corrected chi connectivity index (χ2v) is 4.59. The minimum atomic E-state index is -1.01. The predicted molar refractivity (Wildman–Crippen MR) is 56.4 cm³/mol. The molecule has 0 saturated heterocycles. The molecule has 0 bridgehead atoms. The Kier molecular flexibility index (Phi) is 3.72. The molecule has 0 heterocycles. The largest absolute Gasteiger partial charge is 0.481 e. The summed E-state index contributed by atoms with van der Waals surface area (Å²) in [5, 5.41) is 8.99. The van der Waals surface area contributed by atoms with Gasteiger partial charge in [-0.05, 0) is 25.2 Å². The van der Waals surface area contributed by atoms with Gasteiger partial charge >= 0.3 is 5.97 Å². The molecule has 1 amide bonds. The first-order valence-corrected chi connectivity index (χ1v) is 5.44. The van der Waals surface area contributed by atoms with E-state index in [0.29, 0.717) is 0 Å². The summed E-state index contributed by atoms with van der Waals surface area (Å²) in [4.78, 5) is 24.5. The molecule has 0 radical (unpaired) electrons. The Morgan fingerprint density at radius 1 is 1.33 bits per heavy atom. The van der Waals surface area contributed by atoms with E-state index in [9.17, 15) is 9.59 Å². The van der Waals surface area contributed by atoms with Crippen molar-refractivity contribution >= 4 is 11.9 Å². The first-order chi connectivity index (χ1) is 6.95. The fourth-order valence-electron chi connectivity index (χ4n) is 1.85. The lowest BCUT2D eigenvalue weighted by atomic mass is 9.88. The highest BCUT2D eigenvalue weighted by Gasteiger charge is 2.35. The zero-order chi connectivity index (χ0) is 11.6. The standard InChI is InChI=1S/C11H19NO3/c1-7(2)9(11(14)15)10(13)12(3)8-5-4-6-8/h7-9H,4-6H2,1-3H3,(H,14,15). The molecular weight excluding hydrogens is 194 g/mol. The molecule has 86 valence electrons. The van der Waals surface area contributed by atoms with Crippen LogP contribution in [0.1, 0.15) is 33.1 Å². The van der Waals surface area contributed by atoms with Crippen LogP contribution in [0.4, 0.5) is 0 Å². The Bertz CT molecular complexity index is 259. The summed E-state index contributed by atoms with van der Waals surface area (Å²) >= 11 is 0. The summed E-state index contributed by atoms with van der Waals surface area (Å²) in [5.74, 6) is -2.31. The Labute approximate surface area is 90.3 Å². The third-order valence-electron chi connectivity index (χ3n) is 3.17. The molecule has 0 aromatic heterocycles. The lowest BCUT2D eigenvalue weighted by molar-refractivity contribution is -0.154. The highest BCUT2D eigenvalue weighted by molar-refractivity contribution is 5.97. The molecule has 0 aliphatic heterocycles. The summed E-state index contributed by atoms with van der Waals surface area (Å²) in [6, 6.07) is 0.262. The number of aliphatic carboxylic acids is 1. The quantitative estimate of drug-likeness (QED) is 0.717. The molecule has 1 saturated carbocycles. The van der Waals surface area contributed by atoms with Crippen molar-refractivity contribution in [2.24, 2.45) is 11.8 Å². The first kappa shape index (κ1) is 12.0. The average molecular weight is 213 g/mol. The number of carboxylic acids is 1. The van der Waals surface area contributed by atoms with Gasteiger partial charge in [0.25, 0.3) is 0 Å². The minimum absolute atomic E-state index is 0.155. The van der Waals surface area contributed by atoms with Crippen LogP contribution in [0.15, 0.2) is 0 Å². The maximum atomic E-state index is 11.9. The second-order valence-electron chi connectivity index (χ2n) is 4.59. The highest BCUT2D eigenvalue weighted by atomic mass is 16.4. The summed E-state index contributed by atoms with van der Waals surface area (Å²) in [7, 11) is 1.71. The van der Waals surface area contributed by atoms with E-state index in [2.05, 4.69) is 0 Å². The van der Waals surface area contributed by atoms with Gasteiger partial charge in [-0.15, -0.1) is 0 Å². The molecule has 15 heavy (non-hydrogen) atoms. The zero-order valence-corrected chi connectivity index (χ0v) is 9.56. The van der Waals surface area contributed by atoms with Gasteiger partial charge in [-0.1, -0.05) is 13.8 Å². The van der Waals surface area contributed by atoms with E-state index in [1.165, 1.54) is 0 Å². The van der Waals surface area contributed by atoms with Gasteiger partial charge in [0, 0.05) is 13.1 Å². The molecule has 4 nitrogen and oxygen atoms in total. The Morgan fingerprint density at radius 2 is 1.87 bits per heavy atom. The van der Waals surface area contributed by atoms with Crippen LogP contribution in [-0.4, -0.2) is 35.0 Å². The molecule has 1 atom stereocenters. The van der Waals surface area contributed by atoms with Crippen LogP contribution >= 0.6 is 0 Å². The topological polar surface area (TPSA) is 57.6 Å². The lowest BCUT2D eigenvalue weighted by Crippen LogP contribution is -2.47. The normalized spacial score (nSPS) is 18.4. The summed E-state index contributed by atoms with van der Waals surface area (Å²) < 4.78 is 0. The minimum Gasteiger partial charge on any atom is -0.481 e. The highest BCUT2D eigenvalue weighted by Crippen LogP contribution is 2.26. The van der Waals surface area contributed by atoms with Crippen molar-refractivity contribution in [2.45, 2.75) is 39.2 Å². The van der Waals surface area contributed by atoms with Gasteiger partial charge in [0.05, 0.1) is 0 Å². The molecule has 0 aromatic rings. The van der Waals surface area contributed by atoms with E-state index in [0.717, 1.165) is 19.3 Å². The predicted octanol–water partition coefficient (Wildman–Crippen LogP) is 1.35. The number of amides is 1. The van der Waals surface area contributed by atoms with Crippen LogP contribution in [0, 0.1) is 11.8 Å². The maximum absolute atomic E-state index is 11.9. The van der Waals surface area contributed by atoms with Crippen molar-refractivity contribution in [3.63, 3.8) is 0 Å². The van der Waals surface area contributed by atoms with E-state index < -0.39 is 11.9 Å². The molecule has 1 fully saturated rings. The van der Waals surface area contributed by atoms with E-state index in [1.807, 2.05) is 0 Å². The molecule has 1 rings (SSSR count). The van der Waals surface area contributed by atoms with Crippen molar-refractivity contribution in [2.75, 3.05) is 7.05 Å². The molecule has 0 aromatic carbocycles. The van der Waals surface area contributed by atoms with Crippen molar-refractivity contribution in [1.82, 2.24) is 4.90 Å². The lowest BCUT2D eigenvalue weighted by Gasteiger charge is -2.36. The van der Waals surface area contributed by atoms with Crippen molar-refractivity contribution < 1.29 is 14.7 Å². The Balaban J connectivity index is 2.66. The molecule has 0 spiro atoms. The van der Waals surface area contributed by atoms with Crippen LogP contribution in [0.2, 0.25) is 0 Å². The molecule has 1 aliphatic rings. The van der Waals surface area contributed by atoms with Gasteiger partial charge in [-0.25, -0.2) is 0 Å². The van der Waals surface area contributed by atoms with Crippen molar-refractivity contribution in [3.05, 3.63) is 0 Å². The summed E-state index contributed by atoms with van der Waals surface area (Å²) in [6.07, 6.45) is 3.15. The van der Waals surface area contributed by atoms with Gasteiger partial charge in [-0.3, -0.25) is 9.59 Å².